The normalized spacial score (nSPS) is 28.6. The second-order valence-corrected chi connectivity index (χ2v) is 6.75. The van der Waals surface area contributed by atoms with Gasteiger partial charge in [0.05, 0.1) is 11.7 Å². The highest BCUT2D eigenvalue weighted by Crippen LogP contribution is 2.27. The maximum Gasteiger partial charge on any atom is 0.0612 e. The molecule has 1 fully saturated rings. The van der Waals surface area contributed by atoms with Crippen LogP contribution >= 0.6 is 11.8 Å². The van der Waals surface area contributed by atoms with Crippen molar-refractivity contribution in [2.24, 2.45) is 0 Å². The lowest BCUT2D eigenvalue weighted by molar-refractivity contribution is -0.102. The van der Waals surface area contributed by atoms with Crippen molar-refractivity contribution in [3.63, 3.8) is 0 Å². The molecule has 3 heteroatoms. The van der Waals surface area contributed by atoms with Crippen LogP contribution in [0.1, 0.15) is 40.5 Å². The molecule has 0 amide bonds. The highest BCUT2D eigenvalue weighted by molar-refractivity contribution is 7.99. The van der Waals surface area contributed by atoms with Crippen LogP contribution < -0.4 is 5.32 Å². The van der Waals surface area contributed by atoms with Crippen molar-refractivity contribution < 1.29 is 4.74 Å². The standard InChI is InChI=1S/C12H25NOS/c1-9(15-5)8-13-10-6-11(7-10)14-12(2,3)4/h9-11,13H,6-8H2,1-5H3. The molecule has 0 aliphatic heterocycles. The lowest BCUT2D eigenvalue weighted by Gasteiger charge is -2.40. The molecule has 90 valence electrons. The van der Waals surface area contributed by atoms with E-state index >= 15 is 0 Å². The van der Waals surface area contributed by atoms with Crippen molar-refractivity contribution in [2.75, 3.05) is 12.8 Å². The van der Waals surface area contributed by atoms with Gasteiger partial charge in [0, 0.05) is 17.8 Å². The summed E-state index contributed by atoms with van der Waals surface area (Å²) in [5.74, 6) is 0. The van der Waals surface area contributed by atoms with Crippen LogP contribution in [0.2, 0.25) is 0 Å². The third kappa shape index (κ3) is 5.23. The zero-order chi connectivity index (χ0) is 11.5. The van der Waals surface area contributed by atoms with Gasteiger partial charge in [-0.1, -0.05) is 6.92 Å². The number of hydrogen-bond donors (Lipinski definition) is 1. The van der Waals surface area contributed by atoms with E-state index in [1.54, 1.807) is 0 Å². The summed E-state index contributed by atoms with van der Waals surface area (Å²) in [5, 5.41) is 4.30. The lowest BCUT2D eigenvalue weighted by atomic mass is 9.88. The molecule has 1 saturated carbocycles. The van der Waals surface area contributed by atoms with Gasteiger partial charge < -0.3 is 10.1 Å². The Bertz CT molecular complexity index is 185. The molecule has 1 atom stereocenters. The van der Waals surface area contributed by atoms with Crippen LogP contribution in [0.4, 0.5) is 0 Å². The van der Waals surface area contributed by atoms with Crippen LogP contribution in [0.25, 0.3) is 0 Å². The molecule has 0 saturated heterocycles. The van der Waals surface area contributed by atoms with Gasteiger partial charge in [0.2, 0.25) is 0 Å². The summed E-state index contributed by atoms with van der Waals surface area (Å²) < 4.78 is 5.89. The predicted octanol–water partition coefficient (Wildman–Crippen LogP) is 2.67. The molecule has 1 aliphatic carbocycles. The first-order chi connectivity index (χ1) is 6.90. The molecular weight excluding hydrogens is 206 g/mol. The molecular formula is C12H25NOS. The molecule has 1 N–H and O–H groups in total. The minimum absolute atomic E-state index is 0.0161. The summed E-state index contributed by atoms with van der Waals surface area (Å²) in [5.41, 5.74) is 0.0161. The van der Waals surface area contributed by atoms with Crippen molar-refractivity contribution in [3.8, 4) is 0 Å². The summed E-state index contributed by atoms with van der Waals surface area (Å²) in [6.07, 6.45) is 5.00. The fraction of sp³-hybridized carbons (Fsp3) is 1.00. The second kappa shape index (κ2) is 5.55. The number of rotatable bonds is 5. The van der Waals surface area contributed by atoms with Crippen LogP contribution in [-0.4, -0.2) is 35.8 Å². The van der Waals surface area contributed by atoms with Crippen molar-refractivity contribution in [1.29, 1.82) is 0 Å². The van der Waals surface area contributed by atoms with Gasteiger partial charge in [0.15, 0.2) is 0 Å². The molecule has 1 rings (SSSR count). The molecule has 0 bridgehead atoms. The Labute approximate surface area is 98.5 Å². The maximum absolute atomic E-state index is 5.89. The van der Waals surface area contributed by atoms with Gasteiger partial charge >= 0.3 is 0 Å². The topological polar surface area (TPSA) is 21.3 Å². The molecule has 2 nitrogen and oxygen atoms in total. The van der Waals surface area contributed by atoms with Crippen LogP contribution in [0.5, 0.6) is 0 Å². The number of thioether (sulfide) groups is 1. The Morgan fingerprint density at radius 1 is 1.40 bits per heavy atom. The monoisotopic (exact) mass is 231 g/mol. The van der Waals surface area contributed by atoms with Crippen LogP contribution in [0.3, 0.4) is 0 Å². The lowest BCUT2D eigenvalue weighted by Crippen LogP contribution is -2.49. The molecule has 1 unspecified atom stereocenters. The third-order valence-electron chi connectivity index (χ3n) is 2.71. The Morgan fingerprint density at radius 3 is 2.47 bits per heavy atom. The minimum Gasteiger partial charge on any atom is -0.373 e. The SMILES string of the molecule is CSC(C)CNC1CC(OC(C)(C)C)C1. The summed E-state index contributed by atoms with van der Waals surface area (Å²) in [7, 11) is 0. The van der Waals surface area contributed by atoms with Crippen LogP contribution in [0.15, 0.2) is 0 Å². The van der Waals surface area contributed by atoms with Gasteiger partial charge in [-0.2, -0.15) is 11.8 Å². The van der Waals surface area contributed by atoms with E-state index in [0.717, 1.165) is 6.54 Å². The van der Waals surface area contributed by atoms with Crippen molar-refractivity contribution in [3.05, 3.63) is 0 Å². The fourth-order valence-electron chi connectivity index (χ4n) is 1.74. The first kappa shape index (κ1) is 13.3. The van der Waals surface area contributed by atoms with Gasteiger partial charge in [-0.15, -0.1) is 0 Å². The summed E-state index contributed by atoms with van der Waals surface area (Å²) >= 11 is 1.92. The quantitative estimate of drug-likeness (QED) is 0.786. The minimum atomic E-state index is 0.0161. The summed E-state index contributed by atoms with van der Waals surface area (Å²) in [6.45, 7) is 9.77. The first-order valence-corrected chi connectivity index (χ1v) is 7.13. The summed E-state index contributed by atoms with van der Waals surface area (Å²) in [4.78, 5) is 0. The molecule has 0 heterocycles. The Kier molecular flexibility index (Phi) is 4.94. The average Bonchev–Trinajstić information content (AvgIpc) is 2.06. The molecule has 0 aromatic heterocycles. The second-order valence-electron chi connectivity index (χ2n) is 5.48. The van der Waals surface area contributed by atoms with E-state index in [1.807, 2.05) is 11.8 Å². The zero-order valence-corrected chi connectivity index (χ0v) is 11.5. The van der Waals surface area contributed by atoms with Gasteiger partial charge in [-0.3, -0.25) is 0 Å². The predicted molar refractivity (Wildman–Crippen MR) is 68.6 cm³/mol. The largest absolute Gasteiger partial charge is 0.373 e. The molecule has 0 aromatic carbocycles. The number of nitrogens with one attached hydrogen (secondary N) is 1. The third-order valence-corrected chi connectivity index (χ3v) is 3.68. The van der Waals surface area contributed by atoms with E-state index in [0.29, 0.717) is 17.4 Å². The van der Waals surface area contributed by atoms with E-state index in [-0.39, 0.29) is 5.60 Å². The summed E-state index contributed by atoms with van der Waals surface area (Å²) in [6, 6.07) is 0.687. The first-order valence-electron chi connectivity index (χ1n) is 5.84. The molecule has 0 radical (unpaired) electrons. The zero-order valence-electron chi connectivity index (χ0n) is 10.7. The highest BCUT2D eigenvalue weighted by atomic mass is 32.2. The Hall–Kier alpha value is 0.270. The smallest absolute Gasteiger partial charge is 0.0612 e. The van der Waals surface area contributed by atoms with Crippen molar-refractivity contribution in [1.82, 2.24) is 5.32 Å². The molecule has 0 aromatic rings. The van der Waals surface area contributed by atoms with Gasteiger partial charge in [0.1, 0.15) is 0 Å². The fourth-order valence-corrected chi connectivity index (χ4v) is 2.01. The Morgan fingerprint density at radius 2 is 2.00 bits per heavy atom. The number of hydrogen-bond acceptors (Lipinski definition) is 3. The van der Waals surface area contributed by atoms with Gasteiger partial charge in [0.25, 0.3) is 0 Å². The van der Waals surface area contributed by atoms with Crippen molar-refractivity contribution in [2.45, 2.75) is 63.5 Å². The van der Waals surface area contributed by atoms with Crippen molar-refractivity contribution >= 4 is 11.8 Å². The highest BCUT2D eigenvalue weighted by Gasteiger charge is 2.32. The maximum atomic E-state index is 5.89. The van der Waals surface area contributed by atoms with Gasteiger partial charge in [-0.05, 0) is 39.9 Å². The van der Waals surface area contributed by atoms with E-state index in [4.69, 9.17) is 4.74 Å². The van der Waals surface area contributed by atoms with Gasteiger partial charge in [-0.25, -0.2) is 0 Å². The van der Waals surface area contributed by atoms with Crippen LogP contribution in [0, 0.1) is 0 Å². The molecule has 0 spiro atoms. The average molecular weight is 231 g/mol. The van der Waals surface area contributed by atoms with E-state index in [2.05, 4.69) is 39.3 Å². The van der Waals surface area contributed by atoms with Crippen LogP contribution in [-0.2, 0) is 4.74 Å². The van der Waals surface area contributed by atoms with E-state index < -0.39 is 0 Å². The molecule has 1 aliphatic rings. The van der Waals surface area contributed by atoms with E-state index in [1.165, 1.54) is 12.8 Å². The Balaban J connectivity index is 2.05. The molecule has 15 heavy (non-hydrogen) atoms. The number of ether oxygens (including phenoxy) is 1. The van der Waals surface area contributed by atoms with E-state index in [9.17, 15) is 0 Å².